The number of nitrogens with zero attached hydrogens (tertiary/aromatic N) is 6. The fourth-order valence-corrected chi connectivity index (χ4v) is 4.53. The maximum absolute atomic E-state index is 13.5. The first-order valence-electron chi connectivity index (χ1n) is 12.2. The Labute approximate surface area is 215 Å². The minimum Gasteiger partial charge on any atom is -0.461 e. The fourth-order valence-electron chi connectivity index (χ4n) is 4.53. The topological polar surface area (TPSA) is 140 Å². The number of amides is 2. The van der Waals surface area contributed by atoms with Gasteiger partial charge in [0.25, 0.3) is 11.5 Å². The predicted octanol–water partition coefficient (Wildman–Crippen LogP) is 0.134. The van der Waals surface area contributed by atoms with Crippen LogP contribution in [0, 0.1) is 5.82 Å². The summed E-state index contributed by atoms with van der Waals surface area (Å²) in [6.45, 7) is 5.15. The Morgan fingerprint density at radius 3 is 2.68 bits per heavy atom. The van der Waals surface area contributed by atoms with E-state index in [0.717, 1.165) is 29.9 Å². The number of aromatic nitrogens is 4. The Bertz CT molecular complexity index is 1450. The van der Waals surface area contributed by atoms with E-state index in [4.69, 9.17) is 9.47 Å². The molecule has 2 amide bonds. The van der Waals surface area contributed by atoms with E-state index in [2.05, 4.69) is 20.3 Å². The van der Waals surface area contributed by atoms with Gasteiger partial charge in [-0.1, -0.05) is 0 Å². The largest absolute Gasteiger partial charge is 0.461 e. The van der Waals surface area contributed by atoms with Gasteiger partial charge in [0.05, 0.1) is 38.1 Å². The Kier molecular flexibility index (Phi) is 7.15. The highest BCUT2D eigenvalue weighted by molar-refractivity contribution is 5.99. The van der Waals surface area contributed by atoms with Crippen molar-refractivity contribution in [3.05, 3.63) is 57.5 Å². The number of esters is 1. The number of fused-ring (bicyclic) bond motifs is 2. The van der Waals surface area contributed by atoms with Crippen LogP contribution in [0.2, 0.25) is 0 Å². The second-order valence-electron chi connectivity index (χ2n) is 8.83. The number of pyridine rings is 1. The molecule has 1 fully saturated rings. The lowest BCUT2D eigenvalue weighted by Crippen LogP contribution is -2.41. The third kappa shape index (κ3) is 4.99. The molecule has 2 aliphatic rings. The van der Waals surface area contributed by atoms with Gasteiger partial charge in [0, 0.05) is 32.2 Å². The molecule has 5 heterocycles. The van der Waals surface area contributed by atoms with E-state index >= 15 is 0 Å². The van der Waals surface area contributed by atoms with Gasteiger partial charge in [0.1, 0.15) is 29.5 Å². The van der Waals surface area contributed by atoms with Gasteiger partial charge in [-0.2, -0.15) is 9.61 Å². The normalized spacial score (nSPS) is 15.6. The summed E-state index contributed by atoms with van der Waals surface area (Å²) in [5.41, 5.74) is -0.358. The van der Waals surface area contributed by atoms with Gasteiger partial charge in [-0.15, -0.1) is 0 Å². The van der Waals surface area contributed by atoms with Crippen LogP contribution in [0.1, 0.15) is 33.5 Å². The molecule has 13 nitrogen and oxygen atoms in total. The Hall–Kier alpha value is -4.17. The maximum atomic E-state index is 13.5. The Morgan fingerprint density at radius 1 is 1.18 bits per heavy atom. The SMILES string of the molecule is CCOC(=O)c1cc2n(CC(=O)Nc3ccc(F)cn3)c3c(c(=O)n2n1)CN(CCN1CCOCC1)C3=O. The zero-order valence-electron chi connectivity index (χ0n) is 20.7. The van der Waals surface area contributed by atoms with Crippen LogP contribution in [-0.2, 0) is 27.4 Å². The molecular weight excluding hydrogens is 501 g/mol. The van der Waals surface area contributed by atoms with Crippen LogP contribution < -0.4 is 10.9 Å². The molecule has 3 aromatic rings. The molecule has 3 aromatic heterocycles. The zero-order valence-corrected chi connectivity index (χ0v) is 20.7. The molecule has 5 rings (SSSR count). The number of carbonyl (C=O) groups excluding carboxylic acids is 3. The van der Waals surface area contributed by atoms with Crippen LogP contribution in [0.25, 0.3) is 5.65 Å². The lowest BCUT2D eigenvalue weighted by Gasteiger charge is -2.28. The smallest absolute Gasteiger partial charge is 0.358 e. The summed E-state index contributed by atoms with van der Waals surface area (Å²) in [5, 5.41) is 6.66. The average Bonchev–Trinajstić information content (AvgIpc) is 3.50. The van der Waals surface area contributed by atoms with Crippen molar-refractivity contribution >= 4 is 29.2 Å². The van der Waals surface area contributed by atoms with Crippen molar-refractivity contribution < 1.29 is 28.2 Å². The molecule has 0 radical (unpaired) electrons. The lowest BCUT2D eigenvalue weighted by molar-refractivity contribution is -0.116. The molecule has 0 spiro atoms. The summed E-state index contributed by atoms with van der Waals surface area (Å²) < 4.78 is 25.9. The summed E-state index contributed by atoms with van der Waals surface area (Å²) in [4.78, 5) is 59.7. The molecule has 0 unspecified atom stereocenters. The van der Waals surface area contributed by atoms with Gasteiger partial charge in [-0.05, 0) is 19.1 Å². The van der Waals surface area contributed by atoms with Crippen LogP contribution >= 0.6 is 0 Å². The van der Waals surface area contributed by atoms with Crippen LogP contribution in [0.4, 0.5) is 10.2 Å². The van der Waals surface area contributed by atoms with Crippen molar-refractivity contribution in [2.75, 3.05) is 51.3 Å². The molecule has 2 aliphatic heterocycles. The van der Waals surface area contributed by atoms with Crippen molar-refractivity contribution in [1.82, 2.24) is 29.0 Å². The van der Waals surface area contributed by atoms with E-state index < -0.39 is 29.2 Å². The number of rotatable bonds is 8. The highest BCUT2D eigenvalue weighted by atomic mass is 19.1. The monoisotopic (exact) mass is 527 g/mol. The first-order valence-corrected chi connectivity index (χ1v) is 12.2. The van der Waals surface area contributed by atoms with Gasteiger partial charge < -0.3 is 24.3 Å². The maximum Gasteiger partial charge on any atom is 0.358 e. The summed E-state index contributed by atoms with van der Waals surface area (Å²) in [5.74, 6) is -2.16. The van der Waals surface area contributed by atoms with Crippen molar-refractivity contribution in [1.29, 1.82) is 0 Å². The van der Waals surface area contributed by atoms with Crippen molar-refractivity contribution in [2.45, 2.75) is 20.0 Å². The Morgan fingerprint density at radius 2 is 1.97 bits per heavy atom. The molecule has 0 saturated carbocycles. The molecule has 1 saturated heterocycles. The number of hydrogen-bond acceptors (Lipinski definition) is 9. The first kappa shape index (κ1) is 25.5. The number of ether oxygens (including phenoxy) is 2. The highest BCUT2D eigenvalue weighted by Crippen LogP contribution is 2.23. The van der Waals surface area contributed by atoms with Crippen molar-refractivity contribution in [3.63, 3.8) is 0 Å². The van der Waals surface area contributed by atoms with E-state index in [1.165, 1.54) is 16.7 Å². The fraction of sp³-hybridized carbons (Fsp3) is 0.417. The predicted molar refractivity (Wildman–Crippen MR) is 130 cm³/mol. The lowest BCUT2D eigenvalue weighted by atomic mass is 10.2. The number of carbonyl (C=O) groups is 3. The van der Waals surface area contributed by atoms with Gasteiger partial charge in [0.15, 0.2) is 5.69 Å². The minimum atomic E-state index is -0.735. The second-order valence-corrected chi connectivity index (χ2v) is 8.83. The number of halogens is 1. The van der Waals surface area contributed by atoms with E-state index in [-0.39, 0.29) is 48.1 Å². The average molecular weight is 528 g/mol. The molecule has 0 aromatic carbocycles. The van der Waals surface area contributed by atoms with Crippen molar-refractivity contribution in [3.8, 4) is 0 Å². The van der Waals surface area contributed by atoms with Crippen LogP contribution in [0.15, 0.2) is 29.2 Å². The molecule has 0 bridgehead atoms. The molecule has 14 heteroatoms. The molecule has 38 heavy (non-hydrogen) atoms. The minimum absolute atomic E-state index is 0.0447. The van der Waals surface area contributed by atoms with Crippen LogP contribution in [-0.4, -0.2) is 92.7 Å². The van der Waals surface area contributed by atoms with E-state index in [9.17, 15) is 23.6 Å². The third-order valence-electron chi connectivity index (χ3n) is 6.38. The van der Waals surface area contributed by atoms with Crippen LogP contribution in [0.5, 0.6) is 0 Å². The van der Waals surface area contributed by atoms with Gasteiger partial charge in [-0.3, -0.25) is 19.3 Å². The molecule has 0 aliphatic carbocycles. The Balaban J connectivity index is 1.49. The van der Waals surface area contributed by atoms with E-state index in [1.54, 1.807) is 11.8 Å². The number of morpholine rings is 1. The van der Waals surface area contributed by atoms with Gasteiger partial charge >= 0.3 is 5.97 Å². The van der Waals surface area contributed by atoms with Gasteiger partial charge in [-0.25, -0.2) is 14.2 Å². The number of nitrogens with one attached hydrogen (secondary N) is 1. The molecule has 1 N–H and O–H groups in total. The molecular formula is C24H26FN7O6. The first-order chi connectivity index (χ1) is 18.4. The third-order valence-corrected chi connectivity index (χ3v) is 6.38. The van der Waals surface area contributed by atoms with E-state index in [0.29, 0.717) is 26.3 Å². The summed E-state index contributed by atoms with van der Waals surface area (Å²) in [6, 6.07) is 3.76. The summed E-state index contributed by atoms with van der Waals surface area (Å²) in [7, 11) is 0. The number of hydrogen-bond donors (Lipinski definition) is 1. The van der Waals surface area contributed by atoms with E-state index in [1.807, 2.05) is 0 Å². The number of anilines is 1. The summed E-state index contributed by atoms with van der Waals surface area (Å²) in [6.07, 6.45) is 0.962. The quantitative estimate of drug-likeness (QED) is 0.405. The molecule has 200 valence electrons. The highest BCUT2D eigenvalue weighted by Gasteiger charge is 2.35. The second kappa shape index (κ2) is 10.7. The van der Waals surface area contributed by atoms with Gasteiger partial charge in [0.2, 0.25) is 5.91 Å². The summed E-state index contributed by atoms with van der Waals surface area (Å²) >= 11 is 0. The standard InChI is InChI=1S/C24H26FN7O6/c1-2-38-24(36)17-11-20-31(14-19(33)27-18-4-3-15(25)12-26-18)21-16(22(34)32(20)28-17)13-30(23(21)35)6-5-29-7-9-37-10-8-29/h3-4,11-12H,2,5-10,13-14H2,1H3,(H,26,27,33). The zero-order chi connectivity index (χ0) is 26.8. The molecule has 0 atom stereocenters. The van der Waals surface area contributed by atoms with Crippen LogP contribution in [0.3, 0.4) is 0 Å². The van der Waals surface area contributed by atoms with Crippen molar-refractivity contribution in [2.24, 2.45) is 0 Å².